The van der Waals surface area contributed by atoms with E-state index >= 15 is 0 Å². The second kappa shape index (κ2) is 4.89. The maximum absolute atomic E-state index is 5.42. The van der Waals surface area contributed by atoms with Crippen molar-refractivity contribution in [1.29, 1.82) is 0 Å². The molecule has 6 nitrogen and oxygen atoms in total. The molecule has 2 aliphatic heterocycles. The Morgan fingerprint density at radius 2 is 2.39 bits per heavy atom. The van der Waals surface area contributed by atoms with Gasteiger partial charge >= 0.3 is 0 Å². The number of nitrogens with one attached hydrogen (secondary N) is 1. The van der Waals surface area contributed by atoms with Gasteiger partial charge in [0.25, 0.3) is 0 Å². The van der Waals surface area contributed by atoms with E-state index < -0.39 is 0 Å². The Labute approximate surface area is 110 Å². The van der Waals surface area contributed by atoms with E-state index in [2.05, 4.69) is 20.5 Å². The summed E-state index contributed by atoms with van der Waals surface area (Å²) in [6.07, 6.45) is 3.84. The molecule has 0 unspecified atom stereocenters. The maximum Gasteiger partial charge on any atom is 0.157 e. The molecule has 0 radical (unpaired) electrons. The van der Waals surface area contributed by atoms with Gasteiger partial charge in [-0.2, -0.15) is 0 Å². The van der Waals surface area contributed by atoms with Crippen LogP contribution in [0.5, 0.6) is 0 Å². The maximum atomic E-state index is 5.42. The molecule has 1 aromatic rings. The zero-order valence-corrected chi connectivity index (χ0v) is 11.2. The summed E-state index contributed by atoms with van der Waals surface area (Å²) >= 11 is 1.80. The van der Waals surface area contributed by atoms with E-state index in [1.165, 1.54) is 0 Å². The van der Waals surface area contributed by atoms with Crippen LogP contribution in [0.15, 0.2) is 11.3 Å². The van der Waals surface area contributed by atoms with Crippen molar-refractivity contribution in [1.82, 2.24) is 20.1 Å². The van der Waals surface area contributed by atoms with Crippen LogP contribution in [0.2, 0.25) is 0 Å². The van der Waals surface area contributed by atoms with Gasteiger partial charge in [0.1, 0.15) is 12.9 Å². The van der Waals surface area contributed by atoms with Crippen LogP contribution in [0.25, 0.3) is 0 Å². The van der Waals surface area contributed by atoms with Gasteiger partial charge in [0.15, 0.2) is 11.0 Å². The third-order valence-electron chi connectivity index (χ3n) is 3.48. The number of nitrogens with zero attached hydrogens (tertiary/aromatic N) is 4. The van der Waals surface area contributed by atoms with Crippen LogP contribution in [0.3, 0.4) is 0 Å². The molecule has 1 N–H and O–H groups in total. The molecule has 0 saturated carbocycles. The summed E-state index contributed by atoms with van der Waals surface area (Å²) in [5.41, 5.74) is 0.210. The first-order valence-electron chi connectivity index (χ1n) is 6.14. The van der Waals surface area contributed by atoms with Gasteiger partial charge in [-0.05, 0) is 12.8 Å². The first-order valence-corrected chi connectivity index (χ1v) is 7.12. The minimum absolute atomic E-state index is 0.210. The number of aliphatic imine (C=N–C) groups is 1. The lowest BCUT2D eigenvalue weighted by atomic mass is 9.93. The fourth-order valence-corrected chi connectivity index (χ4v) is 3.43. The SMILES string of the molecule is Cn1cnnc1CN=C1NC2(CCOCC2)CS1. The highest BCUT2D eigenvalue weighted by Gasteiger charge is 2.38. The quantitative estimate of drug-likeness (QED) is 0.848. The Balaban J connectivity index is 1.63. The smallest absolute Gasteiger partial charge is 0.157 e. The Bertz CT molecular complexity index is 452. The molecular weight excluding hydrogens is 250 g/mol. The number of thioether (sulfide) groups is 1. The topological polar surface area (TPSA) is 64.3 Å². The summed E-state index contributed by atoms with van der Waals surface area (Å²) in [5.74, 6) is 1.98. The molecule has 0 bridgehead atoms. The molecule has 98 valence electrons. The van der Waals surface area contributed by atoms with E-state index in [1.807, 2.05) is 11.6 Å². The number of ether oxygens (including phenoxy) is 1. The predicted molar refractivity (Wildman–Crippen MR) is 70.5 cm³/mol. The molecule has 0 amide bonds. The molecule has 18 heavy (non-hydrogen) atoms. The predicted octanol–water partition coefficient (Wildman–Crippen LogP) is 0.557. The lowest BCUT2D eigenvalue weighted by molar-refractivity contribution is 0.0555. The van der Waals surface area contributed by atoms with Crippen LogP contribution in [-0.2, 0) is 18.3 Å². The van der Waals surface area contributed by atoms with Crippen LogP contribution in [0, 0.1) is 0 Å². The lowest BCUT2D eigenvalue weighted by Crippen LogP contribution is -2.48. The molecular formula is C11H17N5OS. The number of rotatable bonds is 2. The van der Waals surface area contributed by atoms with E-state index in [9.17, 15) is 0 Å². The first-order chi connectivity index (χ1) is 8.77. The van der Waals surface area contributed by atoms with Gasteiger partial charge in [-0.3, -0.25) is 4.99 Å². The molecule has 7 heteroatoms. The van der Waals surface area contributed by atoms with Crippen LogP contribution in [0.1, 0.15) is 18.7 Å². The van der Waals surface area contributed by atoms with E-state index in [0.717, 1.165) is 42.8 Å². The standard InChI is InChI=1S/C11H17N5OS/c1-16-8-13-15-9(16)6-12-10-14-11(7-18-10)2-4-17-5-3-11/h8H,2-7H2,1H3,(H,12,14). The average Bonchev–Trinajstić information content (AvgIpc) is 2.96. The van der Waals surface area contributed by atoms with E-state index in [-0.39, 0.29) is 5.54 Å². The molecule has 0 aromatic carbocycles. The van der Waals surface area contributed by atoms with Gasteiger partial charge in [-0.15, -0.1) is 10.2 Å². The molecule has 0 aliphatic carbocycles. The molecule has 1 aromatic heterocycles. The molecule has 2 fully saturated rings. The molecule has 2 saturated heterocycles. The van der Waals surface area contributed by atoms with Crippen LogP contribution in [0.4, 0.5) is 0 Å². The number of amidine groups is 1. The van der Waals surface area contributed by atoms with Gasteiger partial charge in [0.05, 0.1) is 5.54 Å². The Morgan fingerprint density at radius 1 is 1.56 bits per heavy atom. The molecule has 3 heterocycles. The van der Waals surface area contributed by atoms with Gasteiger partial charge in [0.2, 0.25) is 0 Å². The number of aromatic nitrogens is 3. The van der Waals surface area contributed by atoms with E-state index in [4.69, 9.17) is 4.74 Å². The third-order valence-corrected chi connectivity index (χ3v) is 4.68. The van der Waals surface area contributed by atoms with Gasteiger partial charge in [0, 0.05) is 26.0 Å². The largest absolute Gasteiger partial charge is 0.381 e. The van der Waals surface area contributed by atoms with Gasteiger partial charge in [-0.25, -0.2) is 0 Å². The zero-order valence-electron chi connectivity index (χ0n) is 10.4. The first kappa shape index (κ1) is 12.0. The van der Waals surface area contributed by atoms with Crippen molar-refractivity contribution in [2.24, 2.45) is 12.0 Å². The van der Waals surface area contributed by atoms with Gasteiger partial charge in [-0.1, -0.05) is 11.8 Å². The number of hydrogen-bond donors (Lipinski definition) is 1. The monoisotopic (exact) mass is 267 g/mol. The lowest BCUT2D eigenvalue weighted by Gasteiger charge is -2.32. The van der Waals surface area contributed by atoms with Crippen molar-refractivity contribution in [3.8, 4) is 0 Å². The van der Waals surface area contributed by atoms with Crippen molar-refractivity contribution in [2.45, 2.75) is 24.9 Å². The van der Waals surface area contributed by atoms with E-state index in [1.54, 1.807) is 18.1 Å². The van der Waals surface area contributed by atoms with Crippen molar-refractivity contribution in [3.05, 3.63) is 12.2 Å². The number of aryl methyl sites for hydroxylation is 1. The average molecular weight is 267 g/mol. The summed E-state index contributed by atoms with van der Waals surface area (Å²) in [6, 6.07) is 0. The third kappa shape index (κ3) is 2.37. The van der Waals surface area contributed by atoms with Crippen LogP contribution >= 0.6 is 11.8 Å². The molecule has 0 atom stereocenters. The van der Waals surface area contributed by atoms with Crippen LogP contribution < -0.4 is 5.32 Å². The Hall–Kier alpha value is -1.08. The van der Waals surface area contributed by atoms with Crippen molar-refractivity contribution >= 4 is 16.9 Å². The summed E-state index contributed by atoms with van der Waals surface area (Å²) in [6.45, 7) is 2.28. The second-order valence-corrected chi connectivity index (χ2v) is 5.75. The summed E-state index contributed by atoms with van der Waals surface area (Å²) < 4.78 is 7.31. The summed E-state index contributed by atoms with van der Waals surface area (Å²) in [7, 11) is 1.94. The zero-order chi connectivity index (χ0) is 12.4. The minimum atomic E-state index is 0.210. The van der Waals surface area contributed by atoms with Gasteiger partial charge < -0.3 is 14.6 Å². The number of hydrogen-bond acceptors (Lipinski definition) is 5. The van der Waals surface area contributed by atoms with Crippen molar-refractivity contribution in [3.63, 3.8) is 0 Å². The Kier molecular flexibility index (Phi) is 3.25. The molecule has 2 aliphatic rings. The molecule has 3 rings (SSSR count). The molecule has 1 spiro atoms. The summed E-state index contributed by atoms with van der Waals surface area (Å²) in [4.78, 5) is 4.58. The van der Waals surface area contributed by atoms with Crippen molar-refractivity contribution < 1.29 is 4.74 Å². The highest BCUT2D eigenvalue weighted by molar-refractivity contribution is 8.14. The fourth-order valence-electron chi connectivity index (χ4n) is 2.21. The Morgan fingerprint density at radius 3 is 3.11 bits per heavy atom. The van der Waals surface area contributed by atoms with Crippen LogP contribution in [-0.4, -0.2) is 44.4 Å². The second-order valence-electron chi connectivity index (χ2n) is 4.79. The normalized spacial score (nSPS) is 24.6. The highest BCUT2D eigenvalue weighted by Crippen LogP contribution is 2.31. The van der Waals surface area contributed by atoms with E-state index in [0.29, 0.717) is 6.54 Å². The highest BCUT2D eigenvalue weighted by atomic mass is 32.2. The van der Waals surface area contributed by atoms with Crippen molar-refractivity contribution in [2.75, 3.05) is 19.0 Å². The minimum Gasteiger partial charge on any atom is -0.381 e. The fraction of sp³-hybridized carbons (Fsp3) is 0.727. The summed E-state index contributed by atoms with van der Waals surface area (Å²) in [5, 5.41) is 12.5.